The van der Waals surface area contributed by atoms with Crippen LogP contribution in [0.5, 0.6) is 0 Å². The van der Waals surface area contributed by atoms with Crippen molar-refractivity contribution in [2.75, 3.05) is 7.05 Å². The van der Waals surface area contributed by atoms with Crippen molar-refractivity contribution in [3.63, 3.8) is 0 Å². The zero-order valence-corrected chi connectivity index (χ0v) is 12.7. The van der Waals surface area contributed by atoms with Crippen LogP contribution in [-0.4, -0.2) is 27.4 Å². The highest BCUT2D eigenvalue weighted by molar-refractivity contribution is 5.94. The summed E-state index contributed by atoms with van der Waals surface area (Å²) in [6.07, 6.45) is 5.19. The lowest BCUT2D eigenvalue weighted by molar-refractivity contribution is 0.0783. The quantitative estimate of drug-likeness (QED) is 0.742. The van der Waals surface area contributed by atoms with Crippen molar-refractivity contribution in [2.45, 2.75) is 6.54 Å². The molecule has 0 saturated heterocycles. The maximum atomic E-state index is 14.3. The van der Waals surface area contributed by atoms with Gasteiger partial charge in [0.05, 0.1) is 17.9 Å². The summed E-state index contributed by atoms with van der Waals surface area (Å²) in [4.78, 5) is 18.1. The van der Waals surface area contributed by atoms with Gasteiger partial charge in [-0.05, 0) is 42.5 Å². The summed E-state index contributed by atoms with van der Waals surface area (Å²) in [7, 11) is 1.68. The molecule has 4 nitrogen and oxygen atoms in total. The second-order valence-corrected chi connectivity index (χ2v) is 5.24. The van der Waals surface area contributed by atoms with Gasteiger partial charge in [0.2, 0.25) is 0 Å². The fourth-order valence-electron chi connectivity index (χ4n) is 2.37. The number of carbonyl (C=O) groups excluding carboxylic acids is 1. The van der Waals surface area contributed by atoms with Gasteiger partial charge in [-0.2, -0.15) is 0 Å². The molecule has 0 radical (unpaired) electrons. The van der Waals surface area contributed by atoms with Crippen molar-refractivity contribution in [2.24, 2.45) is 0 Å². The van der Waals surface area contributed by atoms with E-state index in [1.54, 1.807) is 42.3 Å². The van der Waals surface area contributed by atoms with Gasteiger partial charge >= 0.3 is 0 Å². The van der Waals surface area contributed by atoms with Crippen molar-refractivity contribution in [1.82, 2.24) is 14.5 Å². The van der Waals surface area contributed by atoms with Crippen molar-refractivity contribution in [3.05, 3.63) is 84.2 Å². The largest absolute Gasteiger partial charge is 0.336 e. The standard InChI is InChI=1S/C18H16FN3O/c1-21(13-15-6-2-3-9-20-15)18(23)14-7-8-17(16(19)12-14)22-10-4-5-11-22/h2-12H,13H2,1H3. The molecule has 1 amide bonds. The molecule has 0 spiro atoms. The number of rotatable bonds is 4. The monoisotopic (exact) mass is 309 g/mol. The first-order valence-corrected chi connectivity index (χ1v) is 7.23. The van der Waals surface area contributed by atoms with Gasteiger partial charge in [-0.15, -0.1) is 0 Å². The maximum Gasteiger partial charge on any atom is 0.254 e. The molecule has 116 valence electrons. The predicted octanol–water partition coefficient (Wildman–Crippen LogP) is 3.28. The van der Waals surface area contributed by atoms with Crippen LogP contribution < -0.4 is 0 Å². The zero-order valence-electron chi connectivity index (χ0n) is 12.7. The first kappa shape index (κ1) is 15.0. The summed E-state index contributed by atoms with van der Waals surface area (Å²) in [5.41, 5.74) is 1.52. The Labute approximate surface area is 133 Å². The Hall–Kier alpha value is -2.95. The minimum Gasteiger partial charge on any atom is -0.336 e. The molecule has 1 aromatic carbocycles. The number of aromatic nitrogens is 2. The molecule has 0 aliphatic carbocycles. The van der Waals surface area contributed by atoms with Gasteiger partial charge in [0.15, 0.2) is 0 Å². The van der Waals surface area contributed by atoms with Gasteiger partial charge in [0.25, 0.3) is 5.91 Å². The van der Waals surface area contributed by atoms with E-state index in [9.17, 15) is 9.18 Å². The highest BCUT2D eigenvalue weighted by Gasteiger charge is 2.15. The van der Waals surface area contributed by atoms with Gasteiger partial charge in [0, 0.05) is 31.2 Å². The molecule has 0 aliphatic rings. The Bertz CT molecular complexity index is 800. The topological polar surface area (TPSA) is 38.1 Å². The maximum absolute atomic E-state index is 14.3. The zero-order chi connectivity index (χ0) is 16.2. The fourth-order valence-corrected chi connectivity index (χ4v) is 2.37. The van der Waals surface area contributed by atoms with Gasteiger partial charge in [-0.25, -0.2) is 4.39 Å². The van der Waals surface area contributed by atoms with E-state index in [0.717, 1.165) is 5.69 Å². The third kappa shape index (κ3) is 3.29. The first-order valence-electron chi connectivity index (χ1n) is 7.23. The van der Waals surface area contributed by atoms with Crippen LogP contribution in [0.2, 0.25) is 0 Å². The van der Waals surface area contributed by atoms with E-state index in [-0.39, 0.29) is 5.91 Å². The molecule has 0 fully saturated rings. The van der Waals surface area contributed by atoms with E-state index >= 15 is 0 Å². The van der Waals surface area contributed by atoms with Crippen molar-refractivity contribution in [1.29, 1.82) is 0 Å². The molecule has 3 rings (SSSR count). The van der Waals surface area contributed by atoms with Crippen molar-refractivity contribution < 1.29 is 9.18 Å². The summed E-state index contributed by atoms with van der Waals surface area (Å²) < 4.78 is 15.9. The highest BCUT2D eigenvalue weighted by Crippen LogP contribution is 2.17. The average Bonchev–Trinajstić information content (AvgIpc) is 3.09. The Morgan fingerprint density at radius 2 is 1.96 bits per heavy atom. The van der Waals surface area contributed by atoms with Gasteiger partial charge in [-0.1, -0.05) is 6.07 Å². The predicted molar refractivity (Wildman–Crippen MR) is 85.8 cm³/mol. The number of amides is 1. The van der Waals surface area contributed by atoms with E-state index in [4.69, 9.17) is 0 Å². The minimum absolute atomic E-state index is 0.242. The summed E-state index contributed by atoms with van der Waals surface area (Å²) in [5.74, 6) is -0.674. The molecule has 2 aromatic heterocycles. The van der Waals surface area contributed by atoms with Gasteiger partial charge in [0.1, 0.15) is 5.82 Å². The summed E-state index contributed by atoms with van der Waals surface area (Å²) in [5, 5.41) is 0. The normalized spacial score (nSPS) is 10.5. The Kier molecular flexibility index (Phi) is 4.19. The van der Waals surface area contributed by atoms with E-state index in [1.807, 2.05) is 30.3 Å². The molecular formula is C18H16FN3O. The summed E-state index contributed by atoms with van der Waals surface area (Å²) in [6, 6.07) is 13.7. The molecule has 0 saturated carbocycles. The molecule has 3 aromatic rings. The Morgan fingerprint density at radius 1 is 1.17 bits per heavy atom. The lowest BCUT2D eigenvalue weighted by Gasteiger charge is -2.17. The van der Waals surface area contributed by atoms with Crippen molar-refractivity contribution >= 4 is 5.91 Å². The number of benzene rings is 1. The van der Waals surface area contributed by atoms with Crippen LogP contribution in [0, 0.1) is 5.82 Å². The van der Waals surface area contributed by atoms with E-state index in [2.05, 4.69) is 4.98 Å². The number of hydrogen-bond acceptors (Lipinski definition) is 2. The average molecular weight is 309 g/mol. The van der Waals surface area contributed by atoms with Crippen LogP contribution >= 0.6 is 0 Å². The third-order valence-corrected chi connectivity index (χ3v) is 3.55. The second kappa shape index (κ2) is 6.44. The number of carbonyl (C=O) groups is 1. The fraction of sp³-hybridized carbons (Fsp3) is 0.111. The smallest absolute Gasteiger partial charge is 0.254 e. The number of pyridine rings is 1. The van der Waals surface area contributed by atoms with Gasteiger partial charge < -0.3 is 9.47 Å². The van der Waals surface area contributed by atoms with Crippen LogP contribution in [0.3, 0.4) is 0 Å². The first-order chi connectivity index (χ1) is 11.1. The summed E-state index contributed by atoms with van der Waals surface area (Å²) in [6.45, 7) is 0.376. The third-order valence-electron chi connectivity index (χ3n) is 3.55. The molecule has 0 bridgehead atoms. The molecule has 23 heavy (non-hydrogen) atoms. The van der Waals surface area contributed by atoms with Crippen LogP contribution in [-0.2, 0) is 6.54 Å². The van der Waals surface area contributed by atoms with Crippen molar-refractivity contribution in [3.8, 4) is 5.69 Å². The van der Waals surface area contributed by atoms with Crippen LogP contribution in [0.15, 0.2) is 67.1 Å². The summed E-state index contributed by atoms with van der Waals surface area (Å²) >= 11 is 0. The number of nitrogens with zero attached hydrogens (tertiary/aromatic N) is 3. The van der Waals surface area contributed by atoms with Gasteiger partial charge in [-0.3, -0.25) is 9.78 Å². The molecule has 0 aliphatic heterocycles. The molecular weight excluding hydrogens is 293 g/mol. The van der Waals surface area contributed by atoms with E-state index < -0.39 is 5.82 Å². The van der Waals surface area contributed by atoms with Crippen LogP contribution in [0.4, 0.5) is 4.39 Å². The second-order valence-electron chi connectivity index (χ2n) is 5.24. The highest BCUT2D eigenvalue weighted by atomic mass is 19.1. The van der Waals surface area contributed by atoms with Crippen LogP contribution in [0.1, 0.15) is 16.1 Å². The lowest BCUT2D eigenvalue weighted by atomic mass is 10.1. The Morgan fingerprint density at radius 3 is 2.61 bits per heavy atom. The minimum atomic E-state index is -0.432. The van der Waals surface area contributed by atoms with E-state index in [1.165, 1.54) is 11.0 Å². The number of halogens is 1. The Balaban J connectivity index is 1.78. The molecule has 2 heterocycles. The van der Waals surface area contributed by atoms with Crippen LogP contribution in [0.25, 0.3) is 5.69 Å². The number of hydrogen-bond donors (Lipinski definition) is 0. The molecule has 0 unspecified atom stereocenters. The molecule has 0 N–H and O–H groups in total. The molecule has 0 atom stereocenters. The lowest BCUT2D eigenvalue weighted by Crippen LogP contribution is -2.26. The molecule has 5 heteroatoms. The van der Waals surface area contributed by atoms with E-state index in [0.29, 0.717) is 17.8 Å². The SMILES string of the molecule is CN(Cc1ccccn1)C(=O)c1ccc(-n2cccc2)c(F)c1.